The molecule has 0 bridgehead atoms. The van der Waals surface area contributed by atoms with Crippen molar-refractivity contribution in [1.29, 1.82) is 0 Å². The molecular weight excluding hydrogens is 422 g/mol. The number of hydrogen-bond acceptors (Lipinski definition) is 6. The van der Waals surface area contributed by atoms with Crippen LogP contribution in [0.3, 0.4) is 0 Å². The zero-order valence-electron chi connectivity index (χ0n) is 15.6. The molecule has 5 nitrogen and oxygen atoms in total. The molecule has 0 spiro atoms. The van der Waals surface area contributed by atoms with Crippen molar-refractivity contribution in [3.63, 3.8) is 0 Å². The molecule has 0 atom stereocenters. The third kappa shape index (κ3) is 3.37. The van der Waals surface area contributed by atoms with Gasteiger partial charge in [0.2, 0.25) is 5.91 Å². The van der Waals surface area contributed by atoms with Gasteiger partial charge in [-0.3, -0.25) is 9.59 Å². The van der Waals surface area contributed by atoms with E-state index in [0.29, 0.717) is 18.0 Å². The number of benzene rings is 1. The fourth-order valence-corrected chi connectivity index (χ4v) is 6.53. The predicted octanol–water partition coefficient (Wildman–Crippen LogP) is 5.24. The van der Waals surface area contributed by atoms with Crippen LogP contribution in [0.15, 0.2) is 41.8 Å². The van der Waals surface area contributed by atoms with Crippen LogP contribution in [-0.4, -0.2) is 28.2 Å². The number of carbonyl (C=O) groups is 2. The summed E-state index contributed by atoms with van der Waals surface area (Å²) in [6.45, 7) is 2.88. The minimum atomic E-state index is -0.107. The van der Waals surface area contributed by atoms with E-state index in [-0.39, 0.29) is 11.8 Å². The molecule has 1 aromatic carbocycles. The van der Waals surface area contributed by atoms with Gasteiger partial charge < -0.3 is 10.2 Å². The van der Waals surface area contributed by atoms with Gasteiger partial charge in [-0.1, -0.05) is 18.2 Å². The van der Waals surface area contributed by atoms with Crippen molar-refractivity contribution >= 4 is 61.0 Å². The van der Waals surface area contributed by atoms with Crippen LogP contribution in [0.4, 0.5) is 5.00 Å². The van der Waals surface area contributed by atoms with E-state index in [1.54, 1.807) is 29.6 Å². The molecule has 2 amide bonds. The Kier molecular flexibility index (Phi) is 4.69. The van der Waals surface area contributed by atoms with Gasteiger partial charge in [0.05, 0.1) is 21.6 Å². The Balaban J connectivity index is 1.61. The molecule has 8 heteroatoms. The summed E-state index contributed by atoms with van der Waals surface area (Å²) in [6.07, 6.45) is 0.769. The van der Waals surface area contributed by atoms with Gasteiger partial charge in [-0.15, -0.1) is 34.0 Å². The quantitative estimate of drug-likeness (QED) is 0.475. The maximum absolute atomic E-state index is 12.7. The first-order valence-electron chi connectivity index (χ1n) is 9.21. The Morgan fingerprint density at radius 3 is 2.76 bits per heavy atom. The molecule has 29 heavy (non-hydrogen) atoms. The highest BCUT2D eigenvalue weighted by atomic mass is 32.1. The minimum Gasteiger partial charge on any atom is -0.337 e. The Labute approximate surface area is 179 Å². The second kappa shape index (κ2) is 7.37. The fraction of sp³-hybridized carbons (Fsp3) is 0.190. The zero-order chi connectivity index (χ0) is 20.0. The highest BCUT2D eigenvalue weighted by molar-refractivity contribution is 7.23. The van der Waals surface area contributed by atoms with Crippen LogP contribution in [0.5, 0.6) is 0 Å². The lowest BCUT2D eigenvalue weighted by Gasteiger charge is -2.25. The first kappa shape index (κ1) is 18.5. The van der Waals surface area contributed by atoms with Crippen molar-refractivity contribution in [1.82, 2.24) is 9.88 Å². The number of thiophene rings is 2. The van der Waals surface area contributed by atoms with Crippen molar-refractivity contribution in [2.24, 2.45) is 0 Å². The van der Waals surface area contributed by atoms with Crippen LogP contribution < -0.4 is 5.32 Å². The number of carbonyl (C=O) groups excluding carboxylic acids is 2. The number of anilines is 1. The van der Waals surface area contributed by atoms with E-state index in [2.05, 4.69) is 11.4 Å². The molecule has 4 heterocycles. The molecule has 0 aliphatic carbocycles. The number of nitrogens with zero attached hydrogens (tertiary/aromatic N) is 2. The monoisotopic (exact) mass is 439 g/mol. The molecule has 1 aliphatic rings. The molecule has 1 N–H and O–H groups in total. The molecule has 146 valence electrons. The third-order valence-corrected chi connectivity index (χ3v) is 8.04. The molecule has 0 unspecified atom stereocenters. The Morgan fingerprint density at radius 2 is 2.00 bits per heavy atom. The summed E-state index contributed by atoms with van der Waals surface area (Å²) in [6, 6.07) is 11.8. The molecule has 0 radical (unpaired) electrons. The summed E-state index contributed by atoms with van der Waals surface area (Å²) in [5.41, 5.74) is 3.18. The third-order valence-electron chi connectivity index (χ3n) is 4.98. The lowest BCUT2D eigenvalue weighted by molar-refractivity contribution is -0.129. The zero-order valence-corrected chi connectivity index (χ0v) is 18.0. The van der Waals surface area contributed by atoms with Gasteiger partial charge in [-0.2, -0.15) is 0 Å². The van der Waals surface area contributed by atoms with Gasteiger partial charge in [0.15, 0.2) is 0 Å². The average molecular weight is 440 g/mol. The van der Waals surface area contributed by atoms with Crippen LogP contribution in [-0.2, 0) is 17.8 Å². The van der Waals surface area contributed by atoms with Crippen LogP contribution in [0.1, 0.15) is 27.0 Å². The van der Waals surface area contributed by atoms with Crippen LogP contribution in [0.25, 0.3) is 20.8 Å². The predicted molar refractivity (Wildman–Crippen MR) is 120 cm³/mol. The van der Waals surface area contributed by atoms with E-state index in [1.807, 2.05) is 40.6 Å². The number of thiazole rings is 1. The first-order chi connectivity index (χ1) is 14.1. The average Bonchev–Trinajstić information content (AvgIpc) is 3.44. The second-order valence-corrected chi connectivity index (χ2v) is 9.90. The van der Waals surface area contributed by atoms with Crippen molar-refractivity contribution in [3.05, 3.63) is 57.1 Å². The summed E-state index contributed by atoms with van der Waals surface area (Å²) in [5, 5.41) is 6.74. The summed E-state index contributed by atoms with van der Waals surface area (Å²) in [7, 11) is 0. The lowest BCUT2D eigenvalue weighted by Crippen LogP contribution is -2.33. The maximum Gasteiger partial charge on any atom is 0.266 e. The summed E-state index contributed by atoms with van der Waals surface area (Å²) in [5.74, 6) is -0.0286. The van der Waals surface area contributed by atoms with Gasteiger partial charge in [0, 0.05) is 23.9 Å². The van der Waals surface area contributed by atoms with Gasteiger partial charge in [0.1, 0.15) is 10.0 Å². The maximum atomic E-state index is 12.7. The van der Waals surface area contributed by atoms with E-state index in [0.717, 1.165) is 37.1 Å². The number of fused-ring (bicyclic) bond motifs is 2. The molecular formula is C21H17N3O2S3. The number of aromatic nitrogens is 1. The molecule has 4 aromatic rings. The number of hydrogen-bond donors (Lipinski definition) is 1. The standard InChI is InChI=1S/C21H17N3O2S3/c1-12(25)24-9-8-13-17(11-24)29-21(23-19(26)16-7-4-10-27-16)18(13)20-22-14-5-2-3-6-15(14)28-20/h2-7,10H,8-9,11H2,1H3,(H,23,26). The van der Waals surface area contributed by atoms with E-state index < -0.39 is 0 Å². The molecule has 5 rings (SSSR count). The molecule has 3 aromatic heterocycles. The lowest BCUT2D eigenvalue weighted by atomic mass is 10.0. The number of para-hydroxylation sites is 1. The van der Waals surface area contributed by atoms with Crippen LogP contribution in [0, 0.1) is 0 Å². The minimum absolute atomic E-state index is 0.0785. The van der Waals surface area contributed by atoms with Crippen molar-refractivity contribution in [3.8, 4) is 10.6 Å². The Morgan fingerprint density at radius 1 is 1.14 bits per heavy atom. The summed E-state index contributed by atoms with van der Waals surface area (Å²) >= 11 is 4.62. The smallest absolute Gasteiger partial charge is 0.266 e. The van der Waals surface area contributed by atoms with Gasteiger partial charge >= 0.3 is 0 Å². The van der Waals surface area contributed by atoms with E-state index >= 15 is 0 Å². The highest BCUT2D eigenvalue weighted by Crippen LogP contribution is 2.45. The normalized spacial score (nSPS) is 13.5. The second-order valence-electron chi connectivity index (χ2n) is 6.82. The number of rotatable bonds is 3. The first-order valence-corrected chi connectivity index (χ1v) is 11.7. The SMILES string of the molecule is CC(=O)N1CCc2c(sc(NC(=O)c3cccs3)c2-c2nc3ccccc3s2)C1. The van der Waals surface area contributed by atoms with Crippen LogP contribution >= 0.6 is 34.0 Å². The molecule has 1 aliphatic heterocycles. The molecule has 0 saturated heterocycles. The van der Waals surface area contributed by atoms with Crippen molar-refractivity contribution in [2.45, 2.75) is 19.9 Å². The summed E-state index contributed by atoms with van der Waals surface area (Å²) in [4.78, 5) is 33.1. The number of amides is 2. The van der Waals surface area contributed by atoms with E-state index in [1.165, 1.54) is 16.9 Å². The highest BCUT2D eigenvalue weighted by Gasteiger charge is 2.28. The fourth-order valence-electron chi connectivity index (χ4n) is 3.54. The Hall–Kier alpha value is -2.55. The van der Waals surface area contributed by atoms with Gasteiger partial charge in [-0.25, -0.2) is 4.98 Å². The van der Waals surface area contributed by atoms with Gasteiger partial charge in [-0.05, 0) is 35.6 Å². The summed E-state index contributed by atoms with van der Waals surface area (Å²) < 4.78 is 1.12. The number of nitrogens with one attached hydrogen (secondary N) is 1. The largest absolute Gasteiger partial charge is 0.337 e. The van der Waals surface area contributed by atoms with E-state index in [9.17, 15) is 9.59 Å². The van der Waals surface area contributed by atoms with Gasteiger partial charge in [0.25, 0.3) is 5.91 Å². The van der Waals surface area contributed by atoms with Crippen molar-refractivity contribution < 1.29 is 9.59 Å². The molecule has 0 saturated carbocycles. The topological polar surface area (TPSA) is 62.3 Å². The van der Waals surface area contributed by atoms with Crippen LogP contribution in [0.2, 0.25) is 0 Å². The van der Waals surface area contributed by atoms with E-state index in [4.69, 9.17) is 4.98 Å². The molecule has 0 fully saturated rings. The van der Waals surface area contributed by atoms with Crippen molar-refractivity contribution in [2.75, 3.05) is 11.9 Å². The Bertz CT molecular complexity index is 1190.